The fourth-order valence-corrected chi connectivity index (χ4v) is 1.76. The normalized spacial score (nSPS) is 34.2. The minimum absolute atomic E-state index is 0.560. The van der Waals surface area contributed by atoms with Gasteiger partial charge in [-0.05, 0) is 19.9 Å². The van der Waals surface area contributed by atoms with Gasteiger partial charge in [-0.1, -0.05) is 0 Å². The number of hydrogen-bond donors (Lipinski definition) is 0. The number of fused-ring (bicyclic) bond motifs is 1. The summed E-state index contributed by atoms with van der Waals surface area (Å²) in [5.41, 5.74) is -0.955. The molecule has 1 aliphatic heterocycles. The molecule has 0 N–H and O–H groups in total. The van der Waals surface area contributed by atoms with Gasteiger partial charge in [-0.15, -0.1) is 0 Å². The van der Waals surface area contributed by atoms with Crippen molar-refractivity contribution in [2.24, 2.45) is 0 Å². The summed E-state index contributed by atoms with van der Waals surface area (Å²) in [6.45, 7) is 2.96. The van der Waals surface area contributed by atoms with Crippen LogP contribution in [0.3, 0.4) is 0 Å². The van der Waals surface area contributed by atoms with Crippen molar-refractivity contribution in [2.45, 2.75) is 38.0 Å². The van der Waals surface area contributed by atoms with Crippen molar-refractivity contribution < 1.29 is 27.4 Å². The Labute approximate surface area is 83.8 Å². The molecule has 2 aliphatic rings. The number of carbonyl (C=O) groups excluding carboxylic acids is 1. The van der Waals surface area contributed by atoms with Crippen LogP contribution in [0.1, 0.15) is 13.8 Å². The molecular weight excluding hydrogens is 213 g/mol. The third-order valence-corrected chi connectivity index (χ3v) is 2.31. The van der Waals surface area contributed by atoms with Gasteiger partial charge in [-0.25, -0.2) is 0 Å². The van der Waals surface area contributed by atoms with Crippen molar-refractivity contribution in [1.29, 1.82) is 0 Å². The average molecular weight is 222 g/mol. The average Bonchev–Trinajstić information content (AvgIpc) is 2.45. The molecule has 2 rings (SSSR count). The van der Waals surface area contributed by atoms with Gasteiger partial charge < -0.3 is 9.47 Å². The Kier molecular flexibility index (Phi) is 2.00. The van der Waals surface area contributed by atoms with E-state index in [0.29, 0.717) is 6.08 Å². The number of alkyl halides is 3. The van der Waals surface area contributed by atoms with Gasteiger partial charge in [0.15, 0.2) is 17.7 Å². The van der Waals surface area contributed by atoms with Crippen molar-refractivity contribution in [2.75, 3.05) is 0 Å². The van der Waals surface area contributed by atoms with Gasteiger partial charge in [0, 0.05) is 0 Å². The van der Waals surface area contributed by atoms with E-state index in [-0.39, 0.29) is 0 Å². The van der Waals surface area contributed by atoms with Crippen LogP contribution in [0.2, 0.25) is 0 Å². The number of carbonyl (C=O) groups is 1. The molecule has 3 nitrogen and oxygen atoms in total. The van der Waals surface area contributed by atoms with Crippen LogP contribution in [-0.4, -0.2) is 30.0 Å². The first kappa shape index (κ1) is 10.6. The molecule has 0 aromatic rings. The van der Waals surface area contributed by atoms with Gasteiger partial charge in [-0.2, -0.15) is 13.2 Å². The summed E-state index contributed by atoms with van der Waals surface area (Å²) >= 11 is 0. The molecule has 0 spiro atoms. The Hall–Kier alpha value is -0.880. The SMILES string of the molecule is CC1(C)O[C@@H]2C(C(F)(F)F)=CC(=O)[C@@H]2O1. The van der Waals surface area contributed by atoms with E-state index in [4.69, 9.17) is 9.47 Å². The predicted octanol–water partition coefficient (Wildman–Crippen LogP) is 1.58. The van der Waals surface area contributed by atoms with E-state index < -0.39 is 35.5 Å². The second kappa shape index (κ2) is 2.82. The fraction of sp³-hybridized carbons (Fsp3) is 0.667. The maximum atomic E-state index is 12.5. The lowest BCUT2D eigenvalue weighted by Crippen LogP contribution is -2.29. The molecule has 0 radical (unpaired) electrons. The van der Waals surface area contributed by atoms with Gasteiger partial charge in [-0.3, -0.25) is 4.79 Å². The molecule has 1 fully saturated rings. The molecule has 1 saturated heterocycles. The first-order valence-corrected chi connectivity index (χ1v) is 4.39. The smallest absolute Gasteiger partial charge is 0.339 e. The topological polar surface area (TPSA) is 35.5 Å². The lowest BCUT2D eigenvalue weighted by molar-refractivity contribution is -0.159. The van der Waals surface area contributed by atoms with Crippen LogP contribution in [0, 0.1) is 0 Å². The Morgan fingerprint density at radius 1 is 1.27 bits per heavy atom. The van der Waals surface area contributed by atoms with Crippen molar-refractivity contribution in [3.63, 3.8) is 0 Å². The zero-order valence-corrected chi connectivity index (χ0v) is 8.09. The van der Waals surface area contributed by atoms with E-state index in [9.17, 15) is 18.0 Å². The summed E-state index contributed by atoms with van der Waals surface area (Å²) in [6.07, 6.45) is -6.44. The minimum Gasteiger partial charge on any atom is -0.339 e. The third-order valence-electron chi connectivity index (χ3n) is 2.31. The maximum absolute atomic E-state index is 12.5. The highest BCUT2D eigenvalue weighted by Gasteiger charge is 2.56. The summed E-state index contributed by atoms with van der Waals surface area (Å²) in [4.78, 5) is 11.2. The van der Waals surface area contributed by atoms with E-state index in [2.05, 4.69) is 0 Å². The summed E-state index contributed by atoms with van der Waals surface area (Å²) in [5.74, 6) is -1.83. The lowest BCUT2D eigenvalue weighted by Gasteiger charge is -2.19. The summed E-state index contributed by atoms with van der Waals surface area (Å²) in [6, 6.07) is 0. The number of hydrogen-bond acceptors (Lipinski definition) is 3. The standard InChI is InChI=1S/C9H9F3O3/c1-8(2)14-6-4(9(10,11)12)3-5(13)7(6)15-8/h3,6-7H,1-2H3/t6-,7+/m1/s1. The third kappa shape index (κ3) is 1.68. The van der Waals surface area contributed by atoms with Crippen molar-refractivity contribution >= 4 is 5.78 Å². The number of rotatable bonds is 0. The molecule has 84 valence electrons. The fourth-order valence-electron chi connectivity index (χ4n) is 1.76. The van der Waals surface area contributed by atoms with Crippen LogP contribution in [0.15, 0.2) is 11.6 Å². The highest BCUT2D eigenvalue weighted by atomic mass is 19.4. The molecule has 0 aromatic carbocycles. The van der Waals surface area contributed by atoms with Crippen molar-refractivity contribution in [3.8, 4) is 0 Å². The molecule has 1 heterocycles. The monoisotopic (exact) mass is 222 g/mol. The quantitative estimate of drug-likeness (QED) is 0.624. The maximum Gasteiger partial charge on any atom is 0.415 e. The van der Waals surface area contributed by atoms with Gasteiger partial charge in [0.25, 0.3) is 0 Å². The molecule has 0 amide bonds. The van der Waals surface area contributed by atoms with E-state index in [1.165, 1.54) is 13.8 Å². The predicted molar refractivity (Wildman–Crippen MR) is 43.0 cm³/mol. The van der Waals surface area contributed by atoms with Crippen molar-refractivity contribution in [3.05, 3.63) is 11.6 Å². The van der Waals surface area contributed by atoms with Crippen LogP contribution in [0.4, 0.5) is 13.2 Å². The Bertz CT molecular complexity index is 343. The molecule has 1 aliphatic carbocycles. The van der Waals surface area contributed by atoms with Crippen LogP contribution in [0.25, 0.3) is 0 Å². The zero-order chi connectivity index (χ0) is 11.4. The van der Waals surface area contributed by atoms with E-state index in [1.807, 2.05) is 0 Å². The van der Waals surface area contributed by atoms with Crippen LogP contribution >= 0.6 is 0 Å². The van der Waals surface area contributed by atoms with Gasteiger partial charge >= 0.3 is 6.18 Å². The lowest BCUT2D eigenvalue weighted by atomic mass is 10.1. The van der Waals surface area contributed by atoms with Crippen LogP contribution < -0.4 is 0 Å². The molecule has 0 aromatic heterocycles. The number of halogens is 3. The van der Waals surface area contributed by atoms with Gasteiger partial charge in [0.1, 0.15) is 6.10 Å². The zero-order valence-electron chi connectivity index (χ0n) is 8.09. The first-order chi connectivity index (χ1) is 6.71. The minimum atomic E-state index is -4.54. The van der Waals surface area contributed by atoms with E-state index >= 15 is 0 Å². The highest BCUT2D eigenvalue weighted by molar-refractivity contribution is 5.98. The van der Waals surface area contributed by atoms with E-state index in [1.54, 1.807) is 0 Å². The Morgan fingerprint density at radius 3 is 2.33 bits per heavy atom. The number of ether oxygens (including phenoxy) is 2. The molecule has 0 bridgehead atoms. The Morgan fingerprint density at radius 2 is 1.80 bits per heavy atom. The molecule has 0 unspecified atom stereocenters. The summed E-state index contributed by atoms with van der Waals surface area (Å²) in [5, 5.41) is 0. The molecule has 6 heteroatoms. The van der Waals surface area contributed by atoms with Gasteiger partial charge in [0.2, 0.25) is 0 Å². The van der Waals surface area contributed by atoms with Crippen LogP contribution in [-0.2, 0) is 14.3 Å². The van der Waals surface area contributed by atoms with Crippen LogP contribution in [0.5, 0.6) is 0 Å². The number of ketones is 1. The second-order valence-corrected chi connectivity index (χ2v) is 3.98. The van der Waals surface area contributed by atoms with E-state index in [0.717, 1.165) is 0 Å². The molecule has 2 atom stereocenters. The summed E-state index contributed by atoms with van der Waals surface area (Å²) < 4.78 is 47.5. The first-order valence-electron chi connectivity index (χ1n) is 4.39. The second-order valence-electron chi connectivity index (χ2n) is 3.98. The highest BCUT2D eigenvalue weighted by Crippen LogP contribution is 2.42. The van der Waals surface area contributed by atoms with Gasteiger partial charge in [0.05, 0.1) is 5.57 Å². The molecule has 0 saturated carbocycles. The Balaban J connectivity index is 2.31. The molecular formula is C9H9F3O3. The van der Waals surface area contributed by atoms with Crippen molar-refractivity contribution in [1.82, 2.24) is 0 Å². The summed E-state index contributed by atoms with van der Waals surface area (Å²) in [7, 11) is 0. The largest absolute Gasteiger partial charge is 0.415 e. The molecule has 15 heavy (non-hydrogen) atoms.